The number of alkyl halides is 3. The summed E-state index contributed by atoms with van der Waals surface area (Å²) in [7, 11) is 0. The van der Waals surface area contributed by atoms with E-state index in [0.717, 1.165) is 4.90 Å². The number of aliphatic hydroxyl groups is 1. The number of hydrogen-bond donors (Lipinski definition) is 1. The molecule has 0 aliphatic carbocycles. The molecule has 4 nitrogen and oxygen atoms in total. The van der Waals surface area contributed by atoms with Crippen LogP contribution in [0.4, 0.5) is 18.0 Å². The van der Waals surface area contributed by atoms with Gasteiger partial charge in [0.2, 0.25) is 0 Å². The van der Waals surface area contributed by atoms with E-state index < -0.39 is 35.9 Å². The van der Waals surface area contributed by atoms with E-state index in [4.69, 9.17) is 4.74 Å². The zero-order chi connectivity index (χ0) is 15.1. The van der Waals surface area contributed by atoms with Gasteiger partial charge in [-0.1, -0.05) is 6.92 Å². The van der Waals surface area contributed by atoms with Crippen molar-refractivity contribution in [3.63, 3.8) is 0 Å². The summed E-state index contributed by atoms with van der Waals surface area (Å²) in [6, 6.07) is 0. The van der Waals surface area contributed by atoms with E-state index in [0.29, 0.717) is 0 Å². The van der Waals surface area contributed by atoms with Crippen LogP contribution >= 0.6 is 0 Å². The van der Waals surface area contributed by atoms with Crippen LogP contribution in [0.1, 0.15) is 34.1 Å². The molecule has 112 valence electrons. The number of likely N-dealkylation sites (tertiary alicyclic amines) is 1. The van der Waals surface area contributed by atoms with Gasteiger partial charge in [-0.3, -0.25) is 0 Å². The van der Waals surface area contributed by atoms with Gasteiger partial charge in [-0.05, 0) is 33.1 Å². The van der Waals surface area contributed by atoms with Gasteiger partial charge in [-0.15, -0.1) is 0 Å². The van der Waals surface area contributed by atoms with Gasteiger partial charge in [-0.2, -0.15) is 13.2 Å². The topological polar surface area (TPSA) is 49.8 Å². The first-order valence-electron chi connectivity index (χ1n) is 6.14. The zero-order valence-corrected chi connectivity index (χ0v) is 11.5. The third-order valence-electron chi connectivity index (χ3n) is 3.22. The maximum Gasteiger partial charge on any atom is 0.419 e. The van der Waals surface area contributed by atoms with Crippen LogP contribution in [0, 0.1) is 5.92 Å². The highest BCUT2D eigenvalue weighted by molar-refractivity contribution is 5.68. The summed E-state index contributed by atoms with van der Waals surface area (Å²) in [5, 5.41) is 9.82. The van der Waals surface area contributed by atoms with Crippen LogP contribution in [0.3, 0.4) is 0 Å². The summed E-state index contributed by atoms with van der Waals surface area (Å²) in [5.74, 6) is -0.953. The summed E-state index contributed by atoms with van der Waals surface area (Å²) in [6.45, 7) is 5.59. The standard InChI is InChI=1S/C12H20F3NO3/c1-8-5-6-16(9(17)19-10(2,3)4)7-11(8,18)12(13,14)15/h8,18H,5-7H2,1-4H3/t8?,11-/m0/s1. The van der Waals surface area contributed by atoms with E-state index >= 15 is 0 Å². The molecule has 1 heterocycles. The second kappa shape index (κ2) is 4.85. The van der Waals surface area contributed by atoms with Gasteiger partial charge in [0.15, 0.2) is 5.60 Å². The normalized spacial score (nSPS) is 29.3. The average molecular weight is 283 g/mol. The number of rotatable bonds is 0. The van der Waals surface area contributed by atoms with Crippen LogP contribution in [-0.4, -0.2) is 46.6 Å². The highest BCUT2D eigenvalue weighted by Gasteiger charge is 2.59. The molecule has 1 fully saturated rings. The van der Waals surface area contributed by atoms with Gasteiger partial charge in [0.1, 0.15) is 5.60 Å². The summed E-state index contributed by atoms with van der Waals surface area (Å²) >= 11 is 0. The lowest BCUT2D eigenvalue weighted by molar-refractivity contribution is -0.288. The highest BCUT2D eigenvalue weighted by atomic mass is 19.4. The Morgan fingerprint density at radius 3 is 2.32 bits per heavy atom. The maximum absolute atomic E-state index is 12.9. The molecule has 0 saturated carbocycles. The van der Waals surface area contributed by atoms with Crippen molar-refractivity contribution >= 4 is 6.09 Å². The maximum atomic E-state index is 12.9. The van der Waals surface area contributed by atoms with E-state index in [2.05, 4.69) is 0 Å². The minimum atomic E-state index is -4.77. The lowest BCUT2D eigenvalue weighted by Crippen LogP contribution is -2.62. The van der Waals surface area contributed by atoms with Gasteiger partial charge in [0.05, 0.1) is 6.54 Å². The van der Waals surface area contributed by atoms with Crippen molar-refractivity contribution in [2.24, 2.45) is 5.92 Å². The predicted octanol–water partition coefficient (Wildman–Crippen LogP) is 2.56. The molecule has 1 amide bonds. The number of piperidine rings is 1. The molecule has 0 aromatic carbocycles. The van der Waals surface area contributed by atoms with Crippen molar-refractivity contribution in [1.29, 1.82) is 0 Å². The number of β-amino-alcohol motifs (C(OH)–C–C–N with tert-alkyl or cyclic N) is 1. The molecule has 1 N–H and O–H groups in total. The largest absolute Gasteiger partial charge is 0.444 e. The Labute approximate surface area is 110 Å². The molecule has 19 heavy (non-hydrogen) atoms. The summed E-state index contributed by atoms with van der Waals surface area (Å²) in [4.78, 5) is 12.7. The van der Waals surface area contributed by atoms with Crippen LogP contribution in [0.5, 0.6) is 0 Å². The summed E-state index contributed by atoms with van der Waals surface area (Å²) < 4.78 is 43.8. The number of nitrogens with zero attached hydrogens (tertiary/aromatic N) is 1. The Morgan fingerprint density at radius 2 is 1.89 bits per heavy atom. The molecule has 0 bridgehead atoms. The van der Waals surface area contributed by atoms with Crippen molar-refractivity contribution in [2.75, 3.05) is 13.1 Å². The van der Waals surface area contributed by atoms with Gasteiger partial charge in [-0.25, -0.2) is 4.79 Å². The number of amides is 1. The second-order valence-corrected chi connectivity index (χ2v) is 6.01. The number of halogens is 3. The monoisotopic (exact) mass is 283 g/mol. The van der Waals surface area contributed by atoms with Crippen molar-refractivity contribution in [2.45, 2.75) is 51.5 Å². The number of hydrogen-bond acceptors (Lipinski definition) is 3. The van der Waals surface area contributed by atoms with Gasteiger partial charge in [0.25, 0.3) is 0 Å². The quantitative estimate of drug-likeness (QED) is 0.743. The molecule has 1 aliphatic heterocycles. The lowest BCUT2D eigenvalue weighted by atomic mass is 9.82. The number of ether oxygens (including phenoxy) is 1. The fourth-order valence-electron chi connectivity index (χ4n) is 1.97. The molecule has 2 atom stereocenters. The first-order valence-corrected chi connectivity index (χ1v) is 6.14. The second-order valence-electron chi connectivity index (χ2n) is 6.01. The smallest absolute Gasteiger partial charge is 0.419 e. The molecule has 7 heteroatoms. The van der Waals surface area contributed by atoms with Crippen molar-refractivity contribution in [3.05, 3.63) is 0 Å². The molecule has 1 unspecified atom stereocenters. The Morgan fingerprint density at radius 1 is 1.37 bits per heavy atom. The Bertz CT molecular complexity index is 351. The Kier molecular flexibility index (Phi) is 4.10. The Balaban J connectivity index is 2.84. The zero-order valence-electron chi connectivity index (χ0n) is 11.5. The minimum absolute atomic E-state index is 0.0786. The SMILES string of the molecule is CC1CCN(C(=O)OC(C)(C)C)C[C@@]1(O)C(F)(F)F. The summed E-state index contributed by atoms with van der Waals surface area (Å²) in [5.41, 5.74) is -3.65. The highest BCUT2D eigenvalue weighted by Crippen LogP contribution is 2.41. The molecule has 0 spiro atoms. The van der Waals surface area contributed by atoms with Crippen LogP contribution in [0.15, 0.2) is 0 Å². The molecule has 0 radical (unpaired) electrons. The van der Waals surface area contributed by atoms with Crippen LogP contribution in [-0.2, 0) is 4.74 Å². The van der Waals surface area contributed by atoms with Crippen LogP contribution in [0.25, 0.3) is 0 Å². The van der Waals surface area contributed by atoms with Gasteiger partial charge < -0.3 is 14.7 Å². The fraction of sp³-hybridized carbons (Fsp3) is 0.917. The number of carbonyl (C=O) groups is 1. The van der Waals surface area contributed by atoms with Gasteiger partial charge in [0, 0.05) is 6.54 Å². The van der Waals surface area contributed by atoms with Crippen molar-refractivity contribution < 1.29 is 27.8 Å². The average Bonchev–Trinajstić information content (AvgIpc) is 2.17. The molecular formula is C12H20F3NO3. The fourth-order valence-corrected chi connectivity index (χ4v) is 1.97. The minimum Gasteiger partial charge on any atom is -0.444 e. The molecule has 1 rings (SSSR count). The van der Waals surface area contributed by atoms with Gasteiger partial charge >= 0.3 is 12.3 Å². The van der Waals surface area contributed by atoms with E-state index in [9.17, 15) is 23.1 Å². The molecular weight excluding hydrogens is 263 g/mol. The molecule has 1 aliphatic rings. The third kappa shape index (κ3) is 3.52. The molecule has 0 aromatic heterocycles. The predicted molar refractivity (Wildman–Crippen MR) is 62.6 cm³/mol. The third-order valence-corrected chi connectivity index (χ3v) is 3.22. The van der Waals surface area contributed by atoms with E-state index in [1.807, 2.05) is 0 Å². The lowest BCUT2D eigenvalue weighted by Gasteiger charge is -2.44. The van der Waals surface area contributed by atoms with Crippen LogP contribution < -0.4 is 0 Å². The molecule has 0 aromatic rings. The van der Waals surface area contributed by atoms with E-state index in [1.54, 1.807) is 20.8 Å². The first-order chi connectivity index (χ1) is 8.37. The molecule has 1 saturated heterocycles. The van der Waals surface area contributed by atoms with Crippen LogP contribution in [0.2, 0.25) is 0 Å². The van der Waals surface area contributed by atoms with Crippen molar-refractivity contribution in [1.82, 2.24) is 4.90 Å². The van der Waals surface area contributed by atoms with E-state index in [-0.39, 0.29) is 13.0 Å². The summed E-state index contributed by atoms with van der Waals surface area (Å²) in [6.07, 6.45) is -5.52. The van der Waals surface area contributed by atoms with Crippen molar-refractivity contribution in [3.8, 4) is 0 Å². The number of carbonyl (C=O) groups excluding carboxylic acids is 1. The van der Waals surface area contributed by atoms with E-state index in [1.165, 1.54) is 6.92 Å². The first kappa shape index (κ1) is 16.1. The Hall–Kier alpha value is -0.980.